The van der Waals surface area contributed by atoms with Crippen molar-refractivity contribution in [1.29, 1.82) is 0 Å². The van der Waals surface area contributed by atoms with Crippen LogP contribution in [0.5, 0.6) is 5.75 Å². The minimum absolute atomic E-state index is 0.0459. The topological polar surface area (TPSA) is 69.7 Å². The monoisotopic (exact) mass is 540 g/mol. The molecule has 1 amide bonds. The van der Waals surface area contributed by atoms with Crippen LogP contribution < -0.4 is 4.74 Å². The second kappa shape index (κ2) is 9.69. The summed E-state index contributed by atoms with van der Waals surface area (Å²) >= 11 is 0. The number of carbonyl (C=O) groups is 1. The summed E-state index contributed by atoms with van der Waals surface area (Å²) in [7, 11) is 2.09. The largest absolute Gasteiger partial charge is 0.478 e. The van der Waals surface area contributed by atoms with Crippen molar-refractivity contribution in [1.82, 2.24) is 9.80 Å². The molecule has 7 fully saturated rings. The van der Waals surface area contributed by atoms with Gasteiger partial charge in [0.05, 0.1) is 0 Å². The molecule has 5 aliphatic carbocycles. The Bertz CT molecular complexity index is 1020. The summed E-state index contributed by atoms with van der Waals surface area (Å²) in [5.74, 6) is 2.14. The number of amides is 1. The van der Waals surface area contributed by atoms with Crippen LogP contribution in [0.4, 0.5) is 0 Å². The number of hydrogen-bond donors (Lipinski definition) is 0. The van der Waals surface area contributed by atoms with E-state index in [9.17, 15) is 4.79 Å². The summed E-state index contributed by atoms with van der Waals surface area (Å²) < 4.78 is 6.19. The lowest BCUT2D eigenvalue weighted by molar-refractivity contribution is -0.680. The average Bonchev–Trinajstić information content (AvgIpc) is 2.93. The Balaban J connectivity index is 0.927. The lowest BCUT2D eigenvalue weighted by Gasteiger charge is -2.60. The summed E-state index contributed by atoms with van der Waals surface area (Å²) in [5, 5.41) is 0. The molecule has 0 radical (unpaired) electrons. The minimum Gasteiger partial charge on any atom is -0.478 e. The quantitative estimate of drug-likeness (QED) is 0.496. The highest BCUT2D eigenvalue weighted by Gasteiger charge is 2.64. The first-order chi connectivity index (χ1) is 18.7. The fraction of sp³-hybridized carbons (Fsp3) is 0.774. The molecule has 8 rings (SSSR count). The molecule has 0 unspecified atom stereocenters. The van der Waals surface area contributed by atoms with Gasteiger partial charge in [0.15, 0.2) is 5.60 Å². The Hall–Kier alpha value is -1.71. The standard InChI is InChI=1S/C31H44N2O6/c1-29(2,28(34)33-14-12-32(3)13-15-33)35-27-6-4-23(5-7-27)24-8-10-30(11-9-24)36-38-31(39-37-30)25-17-21-16-22(19-25)20-26(31)18-21/h4-7,21-22,24-26H,8-20H2,1-3H3. The van der Waals surface area contributed by atoms with Crippen molar-refractivity contribution in [3.63, 3.8) is 0 Å². The lowest BCUT2D eigenvalue weighted by atomic mass is 9.53. The van der Waals surface area contributed by atoms with Crippen LogP contribution in [0.2, 0.25) is 0 Å². The third-order valence-corrected chi connectivity index (χ3v) is 10.7. The van der Waals surface area contributed by atoms with E-state index in [0.29, 0.717) is 17.8 Å². The Morgan fingerprint density at radius 3 is 1.97 bits per heavy atom. The molecule has 2 spiro atoms. The maximum absolute atomic E-state index is 13.1. The van der Waals surface area contributed by atoms with Gasteiger partial charge in [-0.1, -0.05) is 12.1 Å². The molecule has 7 aliphatic rings. The van der Waals surface area contributed by atoms with Gasteiger partial charge in [0.1, 0.15) is 5.75 Å². The van der Waals surface area contributed by atoms with Gasteiger partial charge in [-0.2, -0.15) is 19.6 Å². The average molecular weight is 541 g/mol. The van der Waals surface area contributed by atoms with Crippen molar-refractivity contribution in [3.8, 4) is 5.75 Å². The Morgan fingerprint density at radius 1 is 0.846 bits per heavy atom. The van der Waals surface area contributed by atoms with E-state index in [0.717, 1.165) is 69.4 Å². The molecule has 2 heterocycles. The van der Waals surface area contributed by atoms with E-state index in [4.69, 9.17) is 24.3 Å². The molecule has 2 saturated heterocycles. The summed E-state index contributed by atoms with van der Waals surface area (Å²) in [6, 6.07) is 8.25. The first-order valence-electron chi connectivity index (χ1n) is 15.2. The molecule has 0 atom stereocenters. The molecular formula is C31H44N2O6. The zero-order chi connectivity index (χ0) is 26.8. The Labute approximate surface area is 232 Å². The second-order valence-corrected chi connectivity index (χ2v) is 13.8. The fourth-order valence-corrected chi connectivity index (χ4v) is 8.52. The molecule has 8 heteroatoms. The van der Waals surface area contributed by atoms with Crippen LogP contribution in [0.1, 0.15) is 83.1 Å². The normalized spacial score (nSPS) is 40.4. The van der Waals surface area contributed by atoms with Gasteiger partial charge < -0.3 is 14.5 Å². The van der Waals surface area contributed by atoms with Crippen LogP contribution in [0.25, 0.3) is 0 Å². The highest BCUT2D eigenvalue weighted by molar-refractivity contribution is 5.85. The number of hydrogen-bond acceptors (Lipinski definition) is 7. The van der Waals surface area contributed by atoms with Crippen LogP contribution >= 0.6 is 0 Å². The number of carbonyl (C=O) groups excluding carboxylic acids is 1. The molecule has 39 heavy (non-hydrogen) atoms. The van der Waals surface area contributed by atoms with Gasteiger partial charge in [0.25, 0.3) is 5.91 Å². The van der Waals surface area contributed by atoms with Gasteiger partial charge >= 0.3 is 0 Å². The number of nitrogens with zero attached hydrogens (tertiary/aromatic N) is 2. The summed E-state index contributed by atoms with van der Waals surface area (Å²) in [6.45, 7) is 7.02. The van der Waals surface area contributed by atoms with E-state index in [1.54, 1.807) is 0 Å². The Morgan fingerprint density at radius 2 is 1.41 bits per heavy atom. The van der Waals surface area contributed by atoms with Crippen LogP contribution in [0.15, 0.2) is 24.3 Å². The van der Waals surface area contributed by atoms with Crippen LogP contribution in [-0.2, 0) is 24.3 Å². The molecule has 214 valence electrons. The molecular weight excluding hydrogens is 496 g/mol. The fourth-order valence-electron chi connectivity index (χ4n) is 8.52. The predicted molar refractivity (Wildman–Crippen MR) is 143 cm³/mol. The van der Waals surface area contributed by atoms with Crippen molar-refractivity contribution in [3.05, 3.63) is 29.8 Å². The van der Waals surface area contributed by atoms with Crippen LogP contribution in [0.3, 0.4) is 0 Å². The highest BCUT2D eigenvalue weighted by atomic mass is 17.4. The molecule has 1 aromatic rings. The van der Waals surface area contributed by atoms with Gasteiger partial charge in [-0.15, -0.1) is 0 Å². The molecule has 8 nitrogen and oxygen atoms in total. The number of likely N-dealkylation sites (N-methyl/N-ethyl adjacent to an activating group) is 1. The van der Waals surface area contributed by atoms with Crippen molar-refractivity contribution in [2.45, 2.75) is 94.7 Å². The molecule has 4 bridgehead atoms. The van der Waals surface area contributed by atoms with E-state index in [2.05, 4.69) is 24.1 Å². The van der Waals surface area contributed by atoms with Gasteiger partial charge in [-0.3, -0.25) is 4.79 Å². The number of piperazine rings is 1. The van der Waals surface area contributed by atoms with Gasteiger partial charge in [0.2, 0.25) is 11.6 Å². The van der Waals surface area contributed by atoms with Crippen LogP contribution in [-0.4, -0.2) is 66.1 Å². The van der Waals surface area contributed by atoms with Crippen molar-refractivity contribution >= 4 is 5.91 Å². The first kappa shape index (κ1) is 26.2. The van der Waals surface area contributed by atoms with Crippen molar-refractivity contribution < 1.29 is 29.1 Å². The van der Waals surface area contributed by atoms with E-state index < -0.39 is 17.2 Å². The third kappa shape index (κ3) is 4.70. The van der Waals surface area contributed by atoms with E-state index >= 15 is 0 Å². The van der Waals surface area contributed by atoms with Crippen LogP contribution in [0, 0.1) is 23.7 Å². The zero-order valence-corrected chi connectivity index (χ0v) is 23.7. The van der Waals surface area contributed by atoms with E-state index in [1.165, 1.54) is 37.7 Å². The third-order valence-electron chi connectivity index (χ3n) is 10.7. The van der Waals surface area contributed by atoms with E-state index in [1.807, 2.05) is 30.9 Å². The smallest absolute Gasteiger partial charge is 0.266 e. The molecule has 5 saturated carbocycles. The van der Waals surface area contributed by atoms with Crippen molar-refractivity contribution in [2.24, 2.45) is 23.7 Å². The molecule has 0 N–H and O–H groups in total. The lowest BCUT2D eigenvalue weighted by Crippen LogP contribution is -2.64. The SMILES string of the molecule is CN1CCN(C(=O)C(C)(C)Oc2ccc(C3CCC4(CC3)OOC3(OO4)C4CC5CC(C4)CC3C5)cc2)CC1. The van der Waals surface area contributed by atoms with Gasteiger partial charge in [-0.25, -0.2) is 0 Å². The molecule has 1 aromatic carbocycles. The predicted octanol–water partition coefficient (Wildman–Crippen LogP) is 5.03. The van der Waals surface area contributed by atoms with Gasteiger partial charge in [-0.05, 0) is 101 Å². The minimum atomic E-state index is -0.904. The maximum Gasteiger partial charge on any atom is 0.266 e. The second-order valence-electron chi connectivity index (χ2n) is 13.8. The maximum atomic E-state index is 13.1. The number of rotatable bonds is 4. The zero-order valence-electron chi connectivity index (χ0n) is 23.7. The highest BCUT2D eigenvalue weighted by Crippen LogP contribution is 2.62. The molecule has 2 aliphatic heterocycles. The first-order valence-corrected chi connectivity index (χ1v) is 15.2. The van der Waals surface area contributed by atoms with E-state index in [-0.39, 0.29) is 5.91 Å². The Kier molecular flexibility index (Phi) is 6.51. The summed E-state index contributed by atoms with van der Waals surface area (Å²) in [6.07, 6.45) is 9.43. The van der Waals surface area contributed by atoms with Crippen molar-refractivity contribution in [2.75, 3.05) is 33.2 Å². The number of benzene rings is 1. The molecule has 0 aromatic heterocycles. The number of ether oxygens (including phenoxy) is 1. The summed E-state index contributed by atoms with van der Waals surface area (Å²) in [4.78, 5) is 41.9. The van der Waals surface area contributed by atoms with Gasteiger partial charge in [0, 0.05) is 50.9 Å². The summed E-state index contributed by atoms with van der Waals surface area (Å²) in [5.41, 5.74) is 0.370.